The molecule has 2 aliphatic carbocycles. The molecule has 1 saturated carbocycles. The van der Waals surface area contributed by atoms with Crippen molar-refractivity contribution in [1.29, 1.82) is 0 Å². The Bertz CT molecular complexity index is 402. The number of rotatable bonds is 3. The van der Waals surface area contributed by atoms with Gasteiger partial charge in [0.05, 0.1) is 6.61 Å². The lowest BCUT2D eigenvalue weighted by Gasteiger charge is -2.14. The van der Waals surface area contributed by atoms with Gasteiger partial charge in [0.1, 0.15) is 5.75 Å². The van der Waals surface area contributed by atoms with Crippen LogP contribution in [0.15, 0.2) is 30.3 Å². The highest BCUT2D eigenvalue weighted by atomic mass is 16.5. The molecule has 0 saturated heterocycles. The predicted molar refractivity (Wildman–Crippen MR) is 66.4 cm³/mol. The summed E-state index contributed by atoms with van der Waals surface area (Å²) in [5, 5.41) is 0. The highest BCUT2D eigenvalue weighted by Crippen LogP contribution is 2.47. The third-order valence-electron chi connectivity index (χ3n) is 3.83. The van der Waals surface area contributed by atoms with Crippen molar-refractivity contribution in [3.63, 3.8) is 0 Å². The molecule has 16 heavy (non-hydrogen) atoms. The molecule has 0 radical (unpaired) electrons. The highest BCUT2D eigenvalue weighted by molar-refractivity contribution is 5.71. The first kappa shape index (κ1) is 9.95. The molecule has 1 fully saturated rings. The number of benzene rings is 1. The smallest absolute Gasteiger partial charge is 0.119 e. The van der Waals surface area contributed by atoms with Crippen LogP contribution in [-0.4, -0.2) is 6.61 Å². The topological polar surface area (TPSA) is 9.23 Å². The van der Waals surface area contributed by atoms with Crippen LogP contribution in [0.25, 0.3) is 5.57 Å². The van der Waals surface area contributed by atoms with Crippen LogP contribution >= 0.6 is 0 Å². The van der Waals surface area contributed by atoms with E-state index in [0.29, 0.717) is 0 Å². The van der Waals surface area contributed by atoms with E-state index in [9.17, 15) is 0 Å². The van der Waals surface area contributed by atoms with Gasteiger partial charge in [0, 0.05) is 0 Å². The fourth-order valence-corrected chi connectivity index (χ4v) is 3.08. The summed E-state index contributed by atoms with van der Waals surface area (Å²) in [4.78, 5) is 0. The Morgan fingerprint density at radius 3 is 2.56 bits per heavy atom. The van der Waals surface area contributed by atoms with Crippen LogP contribution < -0.4 is 4.74 Å². The van der Waals surface area contributed by atoms with E-state index < -0.39 is 0 Å². The Morgan fingerprint density at radius 2 is 2.00 bits per heavy atom. The van der Waals surface area contributed by atoms with E-state index in [1.807, 2.05) is 6.92 Å². The summed E-state index contributed by atoms with van der Waals surface area (Å²) in [5.74, 6) is 2.68. The average molecular weight is 214 g/mol. The van der Waals surface area contributed by atoms with Crippen LogP contribution in [0.2, 0.25) is 0 Å². The Labute approximate surface area is 97.1 Å². The number of allylic oxidation sites excluding steroid dienone is 2. The molecular formula is C15H18O. The van der Waals surface area contributed by atoms with Gasteiger partial charge in [-0.25, -0.2) is 0 Å². The van der Waals surface area contributed by atoms with Gasteiger partial charge in [-0.3, -0.25) is 0 Å². The molecular weight excluding hydrogens is 196 g/mol. The van der Waals surface area contributed by atoms with E-state index in [1.165, 1.54) is 24.8 Å². The zero-order valence-corrected chi connectivity index (χ0v) is 9.78. The largest absolute Gasteiger partial charge is 0.494 e. The molecule has 0 heterocycles. The van der Waals surface area contributed by atoms with Crippen molar-refractivity contribution in [1.82, 2.24) is 0 Å². The molecule has 84 valence electrons. The third kappa shape index (κ3) is 1.64. The van der Waals surface area contributed by atoms with Crippen molar-refractivity contribution >= 4 is 5.57 Å². The van der Waals surface area contributed by atoms with E-state index in [1.54, 1.807) is 5.57 Å². The number of hydrogen-bond donors (Lipinski definition) is 0. The standard InChI is InChI=1S/C15H18O/c1-2-16-14-7-5-12(6-8-14)15-10-11-3-4-13(15)9-11/h5-8,10-11,13H,2-4,9H2,1H3. The Hall–Kier alpha value is -1.24. The number of ether oxygens (including phenoxy) is 1. The van der Waals surface area contributed by atoms with Crippen molar-refractivity contribution < 1.29 is 4.74 Å². The monoisotopic (exact) mass is 214 g/mol. The molecule has 0 N–H and O–H groups in total. The van der Waals surface area contributed by atoms with Gasteiger partial charge >= 0.3 is 0 Å². The SMILES string of the molecule is CCOc1ccc(C2=CC3CCC2C3)cc1. The molecule has 1 aromatic carbocycles. The number of hydrogen-bond acceptors (Lipinski definition) is 1. The van der Waals surface area contributed by atoms with Crippen LogP contribution in [0.1, 0.15) is 31.7 Å². The molecule has 0 spiro atoms. The molecule has 2 aliphatic rings. The molecule has 1 nitrogen and oxygen atoms in total. The van der Waals surface area contributed by atoms with Crippen LogP contribution in [0.3, 0.4) is 0 Å². The van der Waals surface area contributed by atoms with Gasteiger partial charge in [-0.05, 0) is 61.3 Å². The first-order valence-electron chi connectivity index (χ1n) is 6.31. The number of fused-ring (bicyclic) bond motifs is 2. The fraction of sp³-hybridized carbons (Fsp3) is 0.467. The lowest BCUT2D eigenvalue weighted by atomic mass is 9.92. The van der Waals surface area contributed by atoms with Gasteiger partial charge in [0.2, 0.25) is 0 Å². The molecule has 0 aliphatic heterocycles. The maximum atomic E-state index is 5.47. The van der Waals surface area contributed by atoms with E-state index in [2.05, 4.69) is 30.3 Å². The second-order valence-electron chi connectivity index (χ2n) is 4.85. The van der Waals surface area contributed by atoms with Gasteiger partial charge in [0.25, 0.3) is 0 Å². The minimum atomic E-state index is 0.743. The normalized spacial score (nSPS) is 26.9. The van der Waals surface area contributed by atoms with E-state index in [0.717, 1.165) is 24.2 Å². The lowest BCUT2D eigenvalue weighted by molar-refractivity contribution is 0.340. The van der Waals surface area contributed by atoms with Crippen molar-refractivity contribution in [2.24, 2.45) is 11.8 Å². The van der Waals surface area contributed by atoms with Crippen LogP contribution in [0, 0.1) is 11.8 Å². The first-order chi connectivity index (χ1) is 7.86. The van der Waals surface area contributed by atoms with E-state index in [-0.39, 0.29) is 0 Å². The second-order valence-corrected chi connectivity index (χ2v) is 4.85. The quantitative estimate of drug-likeness (QED) is 0.741. The van der Waals surface area contributed by atoms with Crippen molar-refractivity contribution in [2.45, 2.75) is 26.2 Å². The summed E-state index contributed by atoms with van der Waals surface area (Å²) in [6.07, 6.45) is 6.68. The summed E-state index contributed by atoms with van der Waals surface area (Å²) in [6.45, 7) is 2.76. The molecule has 2 bridgehead atoms. The zero-order chi connectivity index (χ0) is 11.0. The van der Waals surface area contributed by atoms with Gasteiger partial charge < -0.3 is 4.74 Å². The maximum absolute atomic E-state index is 5.47. The van der Waals surface area contributed by atoms with Gasteiger partial charge in [-0.1, -0.05) is 18.2 Å². The third-order valence-corrected chi connectivity index (χ3v) is 3.83. The summed E-state index contributed by atoms with van der Waals surface area (Å²) >= 11 is 0. The van der Waals surface area contributed by atoms with Crippen LogP contribution in [0.4, 0.5) is 0 Å². The average Bonchev–Trinajstić information content (AvgIpc) is 2.92. The minimum absolute atomic E-state index is 0.743. The molecule has 0 amide bonds. The fourth-order valence-electron chi connectivity index (χ4n) is 3.08. The van der Waals surface area contributed by atoms with E-state index >= 15 is 0 Å². The van der Waals surface area contributed by atoms with Crippen molar-refractivity contribution in [2.75, 3.05) is 6.61 Å². The van der Waals surface area contributed by atoms with Crippen molar-refractivity contribution in [3.05, 3.63) is 35.9 Å². The lowest BCUT2D eigenvalue weighted by Crippen LogP contribution is -1.97. The predicted octanol–water partition coefficient (Wildman–Crippen LogP) is 3.90. The maximum Gasteiger partial charge on any atom is 0.119 e. The van der Waals surface area contributed by atoms with Crippen molar-refractivity contribution in [3.8, 4) is 5.75 Å². The first-order valence-corrected chi connectivity index (χ1v) is 6.31. The Balaban J connectivity index is 1.82. The Morgan fingerprint density at radius 1 is 1.19 bits per heavy atom. The van der Waals surface area contributed by atoms with Gasteiger partial charge in [0.15, 0.2) is 0 Å². The molecule has 2 unspecified atom stereocenters. The zero-order valence-electron chi connectivity index (χ0n) is 9.78. The summed E-state index contributed by atoms with van der Waals surface area (Å²) in [5.41, 5.74) is 2.98. The molecule has 3 rings (SSSR count). The van der Waals surface area contributed by atoms with Crippen LogP contribution in [-0.2, 0) is 0 Å². The molecule has 2 atom stereocenters. The molecule has 1 aromatic rings. The Kier molecular flexibility index (Phi) is 2.47. The second kappa shape index (κ2) is 3.97. The van der Waals surface area contributed by atoms with Gasteiger partial charge in [-0.15, -0.1) is 0 Å². The van der Waals surface area contributed by atoms with Crippen LogP contribution in [0.5, 0.6) is 5.75 Å². The molecule has 0 aromatic heterocycles. The summed E-state index contributed by atoms with van der Waals surface area (Å²) < 4.78 is 5.47. The van der Waals surface area contributed by atoms with E-state index in [4.69, 9.17) is 4.74 Å². The van der Waals surface area contributed by atoms with Gasteiger partial charge in [-0.2, -0.15) is 0 Å². The summed E-state index contributed by atoms with van der Waals surface area (Å²) in [7, 11) is 0. The molecule has 1 heteroatoms. The highest BCUT2D eigenvalue weighted by Gasteiger charge is 2.32. The minimum Gasteiger partial charge on any atom is -0.494 e. The summed E-state index contributed by atoms with van der Waals surface area (Å²) in [6, 6.07) is 8.59.